The van der Waals surface area contributed by atoms with Gasteiger partial charge in [0.1, 0.15) is 17.5 Å². The van der Waals surface area contributed by atoms with E-state index in [-0.39, 0.29) is 35.1 Å². The van der Waals surface area contributed by atoms with Gasteiger partial charge in [-0.1, -0.05) is 23.7 Å². The third kappa shape index (κ3) is 6.61. The van der Waals surface area contributed by atoms with Crippen LogP contribution >= 0.6 is 23.4 Å². The van der Waals surface area contributed by atoms with E-state index in [1.54, 1.807) is 36.1 Å². The predicted octanol–water partition coefficient (Wildman–Crippen LogP) is 3.78. The van der Waals surface area contributed by atoms with Crippen LogP contribution in [0.3, 0.4) is 0 Å². The van der Waals surface area contributed by atoms with Gasteiger partial charge in [0, 0.05) is 37.7 Å². The molecular formula is C23H27ClF3N5O3S2. The number of sulfonamides is 1. The number of halogens is 4. The average molecular weight is 578 g/mol. The molecule has 1 amide bonds. The molecule has 2 atom stereocenters. The summed E-state index contributed by atoms with van der Waals surface area (Å²) < 4.78 is 63.7. The number of alkyl halides is 3. The highest BCUT2D eigenvalue weighted by atomic mass is 35.5. The summed E-state index contributed by atoms with van der Waals surface area (Å²) in [5.74, 6) is 0.252. The van der Waals surface area contributed by atoms with Crippen LogP contribution in [-0.2, 0) is 21.2 Å². The van der Waals surface area contributed by atoms with Gasteiger partial charge in [0.15, 0.2) is 0 Å². The zero-order valence-electron chi connectivity index (χ0n) is 20.3. The lowest BCUT2D eigenvalue weighted by Gasteiger charge is -2.39. The second kappa shape index (κ2) is 10.9. The number of amidine groups is 1. The standard InChI is InChI=1S/C23H27ClF3N5O3S2/c1-3-32(37(2,34)35)16-5-4-15(19(24)11-16)10-20(33)30-6-8-31(9-7-30)21-18-12-17(13-23(25,26)27)36-22(18)29-14-28-21/h4-5,11-12,14,18,22H,3,6-10,13H2,1-2H3. The molecule has 1 aromatic carbocycles. The Hall–Kier alpha value is -2.25. The number of hydrogen-bond donors (Lipinski definition) is 0. The lowest BCUT2D eigenvalue weighted by atomic mass is 10.0. The number of thioether (sulfide) groups is 1. The lowest BCUT2D eigenvalue weighted by molar-refractivity contribution is -0.131. The molecule has 0 aromatic heterocycles. The molecule has 3 aliphatic rings. The van der Waals surface area contributed by atoms with Crippen LogP contribution in [0.5, 0.6) is 0 Å². The Bertz CT molecular complexity index is 1240. The molecule has 0 N–H and O–H groups in total. The first-order valence-electron chi connectivity index (χ1n) is 11.7. The monoisotopic (exact) mass is 577 g/mol. The van der Waals surface area contributed by atoms with Crippen LogP contribution in [0.15, 0.2) is 39.2 Å². The van der Waals surface area contributed by atoms with Crippen molar-refractivity contribution in [3.8, 4) is 0 Å². The van der Waals surface area contributed by atoms with E-state index in [0.717, 1.165) is 18.0 Å². The molecule has 37 heavy (non-hydrogen) atoms. The summed E-state index contributed by atoms with van der Waals surface area (Å²) in [7, 11) is -3.45. The van der Waals surface area contributed by atoms with Crippen LogP contribution in [0, 0.1) is 5.92 Å². The molecule has 14 heteroatoms. The minimum atomic E-state index is -4.27. The van der Waals surface area contributed by atoms with E-state index < -0.39 is 22.6 Å². The quantitative estimate of drug-likeness (QED) is 0.514. The van der Waals surface area contributed by atoms with Gasteiger partial charge < -0.3 is 9.80 Å². The highest BCUT2D eigenvalue weighted by molar-refractivity contribution is 8.04. The molecular weight excluding hydrogens is 551 g/mol. The first-order valence-corrected chi connectivity index (χ1v) is 14.8. The number of benzene rings is 1. The first kappa shape index (κ1) is 27.8. The van der Waals surface area contributed by atoms with E-state index >= 15 is 0 Å². The number of carbonyl (C=O) groups is 1. The lowest BCUT2D eigenvalue weighted by Crippen LogP contribution is -2.53. The van der Waals surface area contributed by atoms with Crippen molar-refractivity contribution in [1.29, 1.82) is 0 Å². The number of fused-ring (bicyclic) bond motifs is 1. The van der Waals surface area contributed by atoms with E-state index in [1.165, 1.54) is 10.6 Å². The van der Waals surface area contributed by atoms with E-state index in [9.17, 15) is 26.4 Å². The Balaban J connectivity index is 1.36. The SMILES string of the molecule is CCN(c1ccc(CC(=O)N2CCN(C3=NC=NC4SC(CC(F)(F)F)=CC34)CC2)c(Cl)c1)S(C)(=O)=O. The second-order valence-electron chi connectivity index (χ2n) is 8.96. The normalized spacial score (nSPS) is 22.0. The third-order valence-electron chi connectivity index (χ3n) is 6.33. The molecule has 0 radical (unpaired) electrons. The zero-order chi connectivity index (χ0) is 27.0. The van der Waals surface area contributed by atoms with Crippen molar-refractivity contribution >= 4 is 57.2 Å². The van der Waals surface area contributed by atoms with E-state index in [2.05, 4.69) is 9.98 Å². The summed E-state index contributed by atoms with van der Waals surface area (Å²) in [4.78, 5) is 25.6. The summed E-state index contributed by atoms with van der Waals surface area (Å²) in [5.41, 5.74) is 1.04. The molecule has 4 rings (SSSR count). The fraction of sp³-hybridized carbons (Fsp3) is 0.522. The minimum absolute atomic E-state index is 0.0720. The predicted molar refractivity (Wildman–Crippen MR) is 141 cm³/mol. The summed E-state index contributed by atoms with van der Waals surface area (Å²) in [5, 5.41) is -0.0328. The van der Waals surface area contributed by atoms with E-state index in [4.69, 9.17) is 11.6 Å². The van der Waals surface area contributed by atoms with Gasteiger partial charge in [-0.2, -0.15) is 13.2 Å². The molecule has 0 saturated carbocycles. The number of nitrogens with zero attached hydrogens (tertiary/aromatic N) is 5. The Kier molecular flexibility index (Phi) is 8.15. The largest absolute Gasteiger partial charge is 0.393 e. The van der Waals surface area contributed by atoms with Gasteiger partial charge in [-0.3, -0.25) is 14.1 Å². The van der Waals surface area contributed by atoms with Gasteiger partial charge in [0.2, 0.25) is 15.9 Å². The van der Waals surface area contributed by atoms with Gasteiger partial charge in [-0.05, 0) is 29.5 Å². The molecule has 1 saturated heterocycles. The van der Waals surface area contributed by atoms with Gasteiger partial charge in [-0.15, -0.1) is 11.8 Å². The molecule has 0 bridgehead atoms. The highest BCUT2D eigenvalue weighted by Gasteiger charge is 2.40. The van der Waals surface area contributed by atoms with Crippen LogP contribution in [0.2, 0.25) is 5.02 Å². The number of carbonyl (C=O) groups excluding carboxylic acids is 1. The molecule has 1 aromatic rings. The molecule has 1 fully saturated rings. The topological polar surface area (TPSA) is 85.7 Å². The number of hydrogen-bond acceptors (Lipinski definition) is 7. The van der Waals surface area contributed by atoms with Crippen LogP contribution in [0.1, 0.15) is 18.9 Å². The number of rotatable bonds is 6. The number of aliphatic imine (C=N–C) groups is 2. The van der Waals surface area contributed by atoms with Crippen molar-refractivity contribution in [2.24, 2.45) is 15.9 Å². The molecule has 202 valence electrons. The maximum Gasteiger partial charge on any atom is 0.393 e. The molecule has 0 spiro atoms. The van der Waals surface area contributed by atoms with E-state index in [1.807, 2.05) is 4.90 Å². The maximum atomic E-state index is 13.0. The Morgan fingerprint density at radius 2 is 1.95 bits per heavy atom. The number of anilines is 1. The highest BCUT2D eigenvalue weighted by Crippen LogP contribution is 2.44. The summed E-state index contributed by atoms with van der Waals surface area (Å²) in [6.07, 6.45) is -1.03. The molecule has 3 heterocycles. The smallest absolute Gasteiger partial charge is 0.356 e. The van der Waals surface area contributed by atoms with Gasteiger partial charge in [0.25, 0.3) is 0 Å². The molecule has 8 nitrogen and oxygen atoms in total. The molecule has 3 aliphatic heterocycles. The van der Waals surface area contributed by atoms with Crippen molar-refractivity contribution in [3.05, 3.63) is 39.8 Å². The number of allylic oxidation sites excluding steroid dienone is 1. The number of piperazine rings is 1. The van der Waals surface area contributed by atoms with Crippen molar-refractivity contribution in [2.45, 2.75) is 31.3 Å². The Labute approximate surface area is 223 Å². The van der Waals surface area contributed by atoms with Crippen LogP contribution in [-0.4, -0.2) is 86.8 Å². The van der Waals surface area contributed by atoms with E-state index in [0.29, 0.717) is 48.3 Å². The maximum absolute atomic E-state index is 13.0. The third-order valence-corrected chi connectivity index (χ3v) is 9.19. The fourth-order valence-corrected chi connectivity index (χ4v) is 7.06. The van der Waals surface area contributed by atoms with Crippen molar-refractivity contribution in [2.75, 3.05) is 43.3 Å². The molecule has 2 unspecified atom stereocenters. The Morgan fingerprint density at radius 3 is 2.54 bits per heavy atom. The minimum Gasteiger partial charge on any atom is -0.356 e. The van der Waals surface area contributed by atoms with Crippen molar-refractivity contribution < 1.29 is 26.4 Å². The van der Waals surface area contributed by atoms with Gasteiger partial charge in [-0.25, -0.2) is 13.4 Å². The van der Waals surface area contributed by atoms with Crippen LogP contribution < -0.4 is 4.31 Å². The first-order chi connectivity index (χ1) is 17.4. The summed E-state index contributed by atoms with van der Waals surface area (Å²) in [6, 6.07) is 4.85. The van der Waals surface area contributed by atoms with Crippen LogP contribution in [0.25, 0.3) is 0 Å². The molecule has 0 aliphatic carbocycles. The van der Waals surface area contributed by atoms with Gasteiger partial charge >= 0.3 is 6.18 Å². The zero-order valence-corrected chi connectivity index (χ0v) is 22.7. The summed E-state index contributed by atoms with van der Waals surface area (Å²) in [6.45, 7) is 3.86. The van der Waals surface area contributed by atoms with Crippen LogP contribution in [0.4, 0.5) is 18.9 Å². The van der Waals surface area contributed by atoms with Crippen molar-refractivity contribution in [1.82, 2.24) is 9.80 Å². The number of amides is 1. The van der Waals surface area contributed by atoms with Crippen molar-refractivity contribution in [3.63, 3.8) is 0 Å². The fourth-order valence-electron chi connectivity index (χ4n) is 4.61. The Morgan fingerprint density at radius 1 is 1.24 bits per heavy atom. The average Bonchev–Trinajstić information content (AvgIpc) is 3.21. The van der Waals surface area contributed by atoms with Gasteiger partial charge in [0.05, 0.1) is 30.7 Å². The summed E-state index contributed by atoms with van der Waals surface area (Å²) >= 11 is 7.51. The second-order valence-corrected chi connectivity index (χ2v) is 12.5.